The second kappa shape index (κ2) is 9.55. The van der Waals surface area contributed by atoms with Crippen LogP contribution in [0.2, 0.25) is 0 Å². The van der Waals surface area contributed by atoms with Gasteiger partial charge in [0.2, 0.25) is 5.91 Å². The highest BCUT2D eigenvalue weighted by Crippen LogP contribution is 2.26. The van der Waals surface area contributed by atoms with Crippen LogP contribution in [0.3, 0.4) is 0 Å². The van der Waals surface area contributed by atoms with Gasteiger partial charge in [0, 0.05) is 43.7 Å². The minimum atomic E-state index is -0.102. The van der Waals surface area contributed by atoms with Crippen LogP contribution in [0.5, 0.6) is 0 Å². The molecule has 3 heterocycles. The number of aromatic nitrogens is 1. The molecule has 0 aliphatic carbocycles. The largest absolute Gasteiger partial charge is 0.361 e. The zero-order chi connectivity index (χ0) is 20.9. The summed E-state index contributed by atoms with van der Waals surface area (Å²) in [6.45, 7) is 8.79. The van der Waals surface area contributed by atoms with Crippen molar-refractivity contribution >= 4 is 17.2 Å². The number of thiophene rings is 1. The van der Waals surface area contributed by atoms with Gasteiger partial charge in [-0.15, -0.1) is 11.3 Å². The highest BCUT2D eigenvalue weighted by atomic mass is 32.1. The molecule has 6 nitrogen and oxygen atoms in total. The molecule has 4 rings (SSSR count). The highest BCUT2D eigenvalue weighted by molar-refractivity contribution is 7.10. The average Bonchev–Trinajstić information content (AvgIpc) is 3.40. The van der Waals surface area contributed by atoms with Gasteiger partial charge in [0.1, 0.15) is 5.76 Å². The minimum absolute atomic E-state index is 0.0644. The lowest BCUT2D eigenvalue weighted by molar-refractivity contribution is -0.123. The summed E-state index contributed by atoms with van der Waals surface area (Å²) in [6.07, 6.45) is 0. The van der Waals surface area contributed by atoms with E-state index < -0.39 is 0 Å². The van der Waals surface area contributed by atoms with Crippen molar-refractivity contribution in [1.82, 2.24) is 20.3 Å². The van der Waals surface area contributed by atoms with Gasteiger partial charge >= 0.3 is 0 Å². The fraction of sp³-hybridized carbons (Fsp3) is 0.391. The molecule has 1 unspecified atom stereocenters. The molecule has 3 aromatic rings. The normalized spacial score (nSPS) is 16.5. The van der Waals surface area contributed by atoms with Crippen LogP contribution in [0.4, 0.5) is 0 Å². The van der Waals surface area contributed by atoms with E-state index in [1.54, 1.807) is 11.3 Å². The van der Waals surface area contributed by atoms with Gasteiger partial charge in [-0.2, -0.15) is 0 Å². The lowest BCUT2D eigenvalue weighted by atomic mass is 10.0. The molecule has 1 saturated heterocycles. The molecule has 1 fully saturated rings. The Morgan fingerprint density at radius 3 is 2.50 bits per heavy atom. The molecule has 7 heteroatoms. The molecule has 30 heavy (non-hydrogen) atoms. The summed E-state index contributed by atoms with van der Waals surface area (Å²) in [6, 6.07) is 14.4. The minimum Gasteiger partial charge on any atom is -0.361 e. The predicted molar refractivity (Wildman–Crippen MR) is 118 cm³/mol. The number of hydrogen-bond acceptors (Lipinski definition) is 6. The maximum absolute atomic E-state index is 12.8. The molecule has 1 aromatic carbocycles. The van der Waals surface area contributed by atoms with Gasteiger partial charge in [-0.05, 0) is 30.9 Å². The third kappa shape index (κ3) is 5.36. The predicted octanol–water partition coefficient (Wildman–Crippen LogP) is 3.38. The fourth-order valence-corrected chi connectivity index (χ4v) is 4.57. The standard InChI is InChI=1S/C23H28N4O2S/c1-17-5-7-19(8-6-17)23(21-4-3-13-30-21)24-22(28)16-27-11-9-26(10-12-27)15-20-14-18(2)29-25-20/h3-8,13-14,23H,9-12,15-16H2,1-2H3,(H,24,28). The van der Waals surface area contributed by atoms with Crippen molar-refractivity contribution in [1.29, 1.82) is 0 Å². The molecule has 158 valence electrons. The Bertz CT molecular complexity index is 944. The van der Waals surface area contributed by atoms with E-state index in [0.29, 0.717) is 6.54 Å². The van der Waals surface area contributed by atoms with Crippen LogP contribution >= 0.6 is 11.3 Å². The van der Waals surface area contributed by atoms with Crippen LogP contribution < -0.4 is 5.32 Å². The third-order valence-corrected chi connectivity index (χ3v) is 6.38. The summed E-state index contributed by atoms with van der Waals surface area (Å²) in [5.41, 5.74) is 3.30. The van der Waals surface area contributed by atoms with Crippen LogP contribution in [-0.2, 0) is 11.3 Å². The molecule has 1 atom stereocenters. The van der Waals surface area contributed by atoms with Crippen LogP contribution in [0.1, 0.15) is 33.5 Å². The fourth-order valence-electron chi connectivity index (χ4n) is 3.77. The molecule has 1 aliphatic rings. The summed E-state index contributed by atoms with van der Waals surface area (Å²) in [5.74, 6) is 0.906. The Morgan fingerprint density at radius 1 is 1.13 bits per heavy atom. The van der Waals surface area contributed by atoms with E-state index in [1.165, 1.54) is 5.56 Å². The first-order chi connectivity index (χ1) is 14.6. The van der Waals surface area contributed by atoms with Gasteiger partial charge in [0.25, 0.3) is 0 Å². The number of benzene rings is 1. The van der Waals surface area contributed by atoms with Crippen LogP contribution in [0.15, 0.2) is 52.4 Å². The SMILES string of the molecule is Cc1ccc(C(NC(=O)CN2CCN(Cc3cc(C)on3)CC2)c2cccs2)cc1. The Labute approximate surface area is 181 Å². The number of nitrogens with one attached hydrogen (secondary N) is 1. The van der Waals surface area contributed by atoms with Crippen molar-refractivity contribution in [3.05, 3.63) is 75.3 Å². The van der Waals surface area contributed by atoms with E-state index >= 15 is 0 Å². The monoisotopic (exact) mass is 424 g/mol. The molecule has 0 spiro atoms. The first kappa shape index (κ1) is 20.8. The quantitative estimate of drug-likeness (QED) is 0.630. The van der Waals surface area contributed by atoms with E-state index in [1.807, 2.05) is 19.1 Å². The van der Waals surface area contributed by atoms with Crippen LogP contribution in [0.25, 0.3) is 0 Å². The van der Waals surface area contributed by atoms with Gasteiger partial charge in [-0.3, -0.25) is 14.6 Å². The third-order valence-electron chi connectivity index (χ3n) is 5.44. The number of amides is 1. The van der Waals surface area contributed by atoms with E-state index in [-0.39, 0.29) is 11.9 Å². The molecule has 1 aliphatic heterocycles. The number of carbonyl (C=O) groups is 1. The Balaban J connectivity index is 1.31. The van der Waals surface area contributed by atoms with Crippen molar-refractivity contribution < 1.29 is 9.32 Å². The smallest absolute Gasteiger partial charge is 0.234 e. The topological polar surface area (TPSA) is 61.6 Å². The van der Waals surface area contributed by atoms with E-state index in [4.69, 9.17) is 4.52 Å². The number of hydrogen-bond donors (Lipinski definition) is 1. The van der Waals surface area contributed by atoms with Gasteiger partial charge < -0.3 is 9.84 Å². The molecular formula is C23H28N4O2S. The molecule has 0 saturated carbocycles. The van der Waals surface area contributed by atoms with Crippen molar-refractivity contribution in [3.8, 4) is 0 Å². The van der Waals surface area contributed by atoms with Gasteiger partial charge in [-0.1, -0.05) is 41.1 Å². The Morgan fingerprint density at radius 2 is 1.87 bits per heavy atom. The van der Waals surface area contributed by atoms with Crippen LogP contribution in [-0.4, -0.2) is 53.6 Å². The zero-order valence-electron chi connectivity index (χ0n) is 17.5. The first-order valence-corrected chi connectivity index (χ1v) is 11.2. The lowest BCUT2D eigenvalue weighted by Gasteiger charge is -2.34. The maximum Gasteiger partial charge on any atom is 0.234 e. The Hall–Kier alpha value is -2.48. The van der Waals surface area contributed by atoms with Gasteiger partial charge in [0.05, 0.1) is 18.3 Å². The van der Waals surface area contributed by atoms with Gasteiger partial charge in [-0.25, -0.2) is 0 Å². The maximum atomic E-state index is 12.8. The number of rotatable bonds is 7. The number of aryl methyl sites for hydroxylation is 2. The molecule has 0 bridgehead atoms. The van der Waals surface area contributed by atoms with E-state index in [2.05, 4.69) is 62.9 Å². The van der Waals surface area contributed by atoms with Crippen molar-refractivity contribution in [3.63, 3.8) is 0 Å². The second-order valence-corrected chi connectivity index (χ2v) is 8.89. The Kier molecular flexibility index (Phi) is 6.62. The average molecular weight is 425 g/mol. The molecule has 1 amide bonds. The summed E-state index contributed by atoms with van der Waals surface area (Å²) in [5, 5.41) is 9.38. The van der Waals surface area contributed by atoms with Crippen molar-refractivity contribution in [2.75, 3.05) is 32.7 Å². The summed E-state index contributed by atoms with van der Waals surface area (Å²) >= 11 is 1.67. The lowest BCUT2D eigenvalue weighted by Crippen LogP contribution is -2.49. The van der Waals surface area contributed by atoms with E-state index in [0.717, 1.165) is 54.6 Å². The molecule has 2 aromatic heterocycles. The second-order valence-electron chi connectivity index (χ2n) is 7.91. The molecule has 0 radical (unpaired) electrons. The van der Waals surface area contributed by atoms with Crippen LogP contribution in [0, 0.1) is 13.8 Å². The summed E-state index contributed by atoms with van der Waals surface area (Å²) in [4.78, 5) is 18.6. The van der Waals surface area contributed by atoms with Crippen molar-refractivity contribution in [2.24, 2.45) is 0 Å². The summed E-state index contributed by atoms with van der Waals surface area (Å²) < 4.78 is 5.15. The highest BCUT2D eigenvalue weighted by Gasteiger charge is 2.22. The zero-order valence-corrected chi connectivity index (χ0v) is 18.3. The number of carbonyl (C=O) groups excluding carboxylic acids is 1. The number of nitrogens with zero attached hydrogens (tertiary/aromatic N) is 3. The molecule has 1 N–H and O–H groups in total. The van der Waals surface area contributed by atoms with Gasteiger partial charge in [0.15, 0.2) is 0 Å². The number of piperazine rings is 1. The van der Waals surface area contributed by atoms with Crippen molar-refractivity contribution in [2.45, 2.75) is 26.4 Å². The summed E-state index contributed by atoms with van der Waals surface area (Å²) in [7, 11) is 0. The molecular weight excluding hydrogens is 396 g/mol. The first-order valence-electron chi connectivity index (χ1n) is 10.3. The van der Waals surface area contributed by atoms with E-state index in [9.17, 15) is 4.79 Å².